The standard InChI is InChI=1S/C28H26FN7O3S/c29-24-15-21(36-40(37,38)22-8-1-18(16-30)2-9-22)7-10-27(24)39-26-12-13-32-17-23(26)25-11-14-33-28(35-25)34-20-5-3-19(31)4-6-20/h1-2,7-15,17,19-20,36H,3-6,31H2,(H,33,34,35). The third-order valence-corrected chi connectivity index (χ3v) is 7.91. The molecule has 0 aliphatic heterocycles. The highest BCUT2D eigenvalue weighted by atomic mass is 32.2. The lowest BCUT2D eigenvalue weighted by Gasteiger charge is -2.26. The van der Waals surface area contributed by atoms with E-state index in [2.05, 4.69) is 25.0 Å². The number of pyridine rings is 1. The van der Waals surface area contributed by atoms with E-state index < -0.39 is 15.8 Å². The average molecular weight is 560 g/mol. The van der Waals surface area contributed by atoms with Gasteiger partial charge in [-0.1, -0.05) is 0 Å². The second-order valence-electron chi connectivity index (χ2n) is 9.38. The SMILES string of the molecule is N#Cc1ccc(S(=O)(=O)Nc2ccc(Oc3ccncc3-c3ccnc(NC4CCC(N)CC4)n3)c(F)c2)cc1. The van der Waals surface area contributed by atoms with Crippen molar-refractivity contribution in [2.45, 2.75) is 42.7 Å². The lowest BCUT2D eigenvalue weighted by atomic mass is 9.92. The highest BCUT2D eigenvalue weighted by molar-refractivity contribution is 7.92. The zero-order chi connectivity index (χ0) is 28.1. The number of nitriles is 1. The van der Waals surface area contributed by atoms with Gasteiger partial charge in [0.05, 0.1) is 33.5 Å². The summed E-state index contributed by atoms with van der Waals surface area (Å²) in [6.07, 6.45) is 8.48. The lowest BCUT2D eigenvalue weighted by Crippen LogP contribution is -2.33. The van der Waals surface area contributed by atoms with Gasteiger partial charge in [-0.15, -0.1) is 0 Å². The normalized spacial score (nSPS) is 17.0. The molecule has 0 amide bonds. The van der Waals surface area contributed by atoms with Crippen LogP contribution in [0.2, 0.25) is 0 Å². The molecule has 10 nitrogen and oxygen atoms in total. The molecule has 204 valence electrons. The summed E-state index contributed by atoms with van der Waals surface area (Å²) >= 11 is 0. The van der Waals surface area contributed by atoms with Gasteiger partial charge < -0.3 is 15.8 Å². The Bertz CT molecular complexity index is 1650. The van der Waals surface area contributed by atoms with Crippen molar-refractivity contribution in [2.75, 3.05) is 10.0 Å². The van der Waals surface area contributed by atoms with Gasteiger partial charge in [0, 0.05) is 36.7 Å². The average Bonchev–Trinajstić information content (AvgIpc) is 2.96. The zero-order valence-electron chi connectivity index (χ0n) is 21.3. The number of anilines is 2. The number of sulfonamides is 1. The predicted octanol–water partition coefficient (Wildman–Crippen LogP) is 4.82. The minimum absolute atomic E-state index is 0.0133. The Labute approximate surface area is 231 Å². The first-order valence-corrected chi connectivity index (χ1v) is 14.1. The van der Waals surface area contributed by atoms with Crippen LogP contribution in [-0.4, -0.2) is 35.5 Å². The van der Waals surface area contributed by atoms with Gasteiger partial charge in [-0.3, -0.25) is 9.71 Å². The Kier molecular flexibility index (Phi) is 7.86. The second-order valence-corrected chi connectivity index (χ2v) is 11.1. The molecular formula is C28H26FN7O3S. The van der Waals surface area contributed by atoms with Crippen LogP contribution in [0.15, 0.2) is 78.1 Å². The molecule has 4 N–H and O–H groups in total. The predicted molar refractivity (Wildman–Crippen MR) is 148 cm³/mol. The Morgan fingerprint density at radius 3 is 2.50 bits per heavy atom. The van der Waals surface area contributed by atoms with Gasteiger partial charge in [-0.2, -0.15) is 5.26 Å². The van der Waals surface area contributed by atoms with E-state index in [1.54, 1.807) is 24.5 Å². The number of nitrogens with two attached hydrogens (primary N) is 1. The van der Waals surface area contributed by atoms with E-state index >= 15 is 4.39 Å². The fourth-order valence-corrected chi connectivity index (χ4v) is 5.43. The van der Waals surface area contributed by atoms with Crippen LogP contribution in [0.4, 0.5) is 16.0 Å². The molecular weight excluding hydrogens is 533 g/mol. The Hall–Kier alpha value is -4.60. The molecule has 0 saturated heterocycles. The number of hydrogen-bond acceptors (Lipinski definition) is 9. The molecule has 2 aromatic carbocycles. The minimum atomic E-state index is -3.99. The fourth-order valence-electron chi connectivity index (χ4n) is 4.38. The first-order valence-electron chi connectivity index (χ1n) is 12.6. The van der Waals surface area contributed by atoms with Gasteiger partial charge in [-0.05, 0) is 74.2 Å². The number of hydrogen-bond donors (Lipinski definition) is 3. The van der Waals surface area contributed by atoms with Crippen LogP contribution in [0.5, 0.6) is 11.5 Å². The molecule has 1 aliphatic rings. The fraction of sp³-hybridized carbons (Fsp3) is 0.214. The lowest BCUT2D eigenvalue weighted by molar-refractivity contribution is 0.410. The summed E-state index contributed by atoms with van der Waals surface area (Å²) in [4.78, 5) is 13.1. The van der Waals surface area contributed by atoms with Crippen molar-refractivity contribution in [1.82, 2.24) is 15.0 Å². The zero-order valence-corrected chi connectivity index (χ0v) is 22.1. The third kappa shape index (κ3) is 6.33. The van der Waals surface area contributed by atoms with Crippen molar-refractivity contribution < 1.29 is 17.5 Å². The number of ether oxygens (including phenoxy) is 1. The summed E-state index contributed by atoms with van der Waals surface area (Å²) < 4.78 is 48.6. The van der Waals surface area contributed by atoms with E-state index in [0.717, 1.165) is 31.7 Å². The van der Waals surface area contributed by atoms with Crippen LogP contribution in [0.1, 0.15) is 31.2 Å². The third-order valence-electron chi connectivity index (χ3n) is 6.52. The number of aromatic nitrogens is 3. The van der Waals surface area contributed by atoms with E-state index in [1.807, 2.05) is 6.07 Å². The van der Waals surface area contributed by atoms with Crippen LogP contribution in [0.3, 0.4) is 0 Å². The second kappa shape index (κ2) is 11.6. The molecule has 0 atom stereocenters. The van der Waals surface area contributed by atoms with Crippen molar-refractivity contribution in [1.29, 1.82) is 5.26 Å². The number of nitrogens with zero attached hydrogens (tertiary/aromatic N) is 4. The summed E-state index contributed by atoms with van der Waals surface area (Å²) in [5.74, 6) is -0.103. The van der Waals surface area contributed by atoms with Crippen LogP contribution in [0, 0.1) is 17.1 Å². The molecule has 2 heterocycles. The highest BCUT2D eigenvalue weighted by Gasteiger charge is 2.20. The maximum atomic E-state index is 15.0. The van der Waals surface area contributed by atoms with Gasteiger partial charge in [0.15, 0.2) is 11.6 Å². The maximum Gasteiger partial charge on any atom is 0.261 e. The van der Waals surface area contributed by atoms with Crippen LogP contribution in [-0.2, 0) is 10.0 Å². The highest BCUT2D eigenvalue weighted by Crippen LogP contribution is 2.34. The largest absolute Gasteiger partial charge is 0.453 e. The van der Waals surface area contributed by atoms with Crippen LogP contribution in [0.25, 0.3) is 11.3 Å². The van der Waals surface area contributed by atoms with Crippen molar-refractivity contribution in [2.24, 2.45) is 5.73 Å². The molecule has 0 bridgehead atoms. The van der Waals surface area contributed by atoms with Crippen LogP contribution < -0.4 is 20.5 Å². The molecule has 1 fully saturated rings. The number of nitrogens with one attached hydrogen (secondary N) is 2. The van der Waals surface area contributed by atoms with Gasteiger partial charge in [0.25, 0.3) is 10.0 Å². The summed E-state index contributed by atoms with van der Waals surface area (Å²) in [7, 11) is -3.99. The quantitative estimate of drug-likeness (QED) is 0.275. The molecule has 0 radical (unpaired) electrons. The van der Waals surface area contributed by atoms with E-state index in [1.165, 1.54) is 42.6 Å². The summed E-state index contributed by atoms with van der Waals surface area (Å²) in [6.45, 7) is 0. The van der Waals surface area contributed by atoms with E-state index in [4.69, 9.17) is 15.7 Å². The number of halogens is 1. The number of rotatable bonds is 8. The summed E-state index contributed by atoms with van der Waals surface area (Å²) in [5, 5.41) is 12.3. The Balaban J connectivity index is 1.32. The molecule has 12 heteroatoms. The van der Waals surface area contributed by atoms with Gasteiger partial charge in [0.1, 0.15) is 5.75 Å². The van der Waals surface area contributed by atoms with Crippen molar-refractivity contribution in [3.8, 4) is 28.8 Å². The summed E-state index contributed by atoms with van der Waals surface area (Å²) in [6, 6.07) is 14.8. The number of benzene rings is 2. The van der Waals surface area contributed by atoms with Gasteiger partial charge >= 0.3 is 0 Å². The monoisotopic (exact) mass is 559 g/mol. The minimum Gasteiger partial charge on any atom is -0.453 e. The molecule has 0 unspecified atom stereocenters. The molecule has 0 spiro atoms. The van der Waals surface area contributed by atoms with E-state index in [0.29, 0.717) is 28.5 Å². The molecule has 40 heavy (non-hydrogen) atoms. The molecule has 4 aromatic rings. The van der Waals surface area contributed by atoms with Gasteiger partial charge in [0.2, 0.25) is 5.95 Å². The Morgan fingerprint density at radius 1 is 1.00 bits per heavy atom. The topological polar surface area (TPSA) is 156 Å². The molecule has 5 rings (SSSR count). The molecule has 2 aromatic heterocycles. The van der Waals surface area contributed by atoms with E-state index in [9.17, 15) is 8.42 Å². The van der Waals surface area contributed by atoms with Crippen molar-refractivity contribution in [3.63, 3.8) is 0 Å². The first-order chi connectivity index (χ1) is 19.3. The van der Waals surface area contributed by atoms with Crippen molar-refractivity contribution in [3.05, 3.63) is 84.6 Å². The maximum absolute atomic E-state index is 15.0. The van der Waals surface area contributed by atoms with Crippen molar-refractivity contribution >= 4 is 21.7 Å². The van der Waals surface area contributed by atoms with E-state index in [-0.39, 0.29) is 28.4 Å². The smallest absolute Gasteiger partial charge is 0.261 e. The molecule has 1 aliphatic carbocycles. The first kappa shape index (κ1) is 27.0. The van der Waals surface area contributed by atoms with Gasteiger partial charge in [-0.25, -0.2) is 22.8 Å². The Morgan fingerprint density at radius 2 is 1.77 bits per heavy atom. The summed E-state index contributed by atoms with van der Waals surface area (Å²) in [5.41, 5.74) is 7.41. The molecule has 1 saturated carbocycles. The van der Waals surface area contributed by atoms with Crippen LogP contribution >= 0.6 is 0 Å².